The van der Waals surface area contributed by atoms with Gasteiger partial charge < -0.3 is 10.6 Å². The van der Waals surface area contributed by atoms with E-state index in [0.29, 0.717) is 11.3 Å². The summed E-state index contributed by atoms with van der Waals surface area (Å²) in [6, 6.07) is -0.206. The van der Waals surface area contributed by atoms with E-state index in [1.54, 1.807) is 0 Å². The van der Waals surface area contributed by atoms with Crippen LogP contribution in [0.1, 0.15) is 26.7 Å². The van der Waals surface area contributed by atoms with Gasteiger partial charge in [0.05, 0.1) is 0 Å². The molecule has 1 aliphatic carbocycles. The number of carbonyl (C=O) groups excluding carboxylic acids is 1. The fraction of sp³-hybridized carbons (Fsp3) is 0.900. The van der Waals surface area contributed by atoms with Crippen LogP contribution >= 0.6 is 0 Å². The minimum atomic E-state index is -0.206. The molecule has 1 unspecified atom stereocenters. The van der Waals surface area contributed by atoms with Crippen molar-refractivity contribution >= 4 is 5.91 Å². The minimum Gasteiger partial charge on any atom is -0.339 e. The van der Waals surface area contributed by atoms with Crippen LogP contribution in [0, 0.1) is 11.3 Å². The second-order valence-electron chi connectivity index (χ2n) is 4.84. The number of β-lactam (4-membered cyclic amide) rings is 1. The zero-order chi connectivity index (χ0) is 9.64. The number of rotatable bonds is 3. The first kappa shape index (κ1) is 9.00. The highest BCUT2D eigenvalue weighted by Gasteiger charge is 2.49. The Kier molecular flexibility index (Phi) is 1.88. The fourth-order valence-electron chi connectivity index (χ4n) is 2.13. The first-order chi connectivity index (χ1) is 6.05. The maximum atomic E-state index is 11.3. The molecule has 1 saturated carbocycles. The van der Waals surface area contributed by atoms with Crippen molar-refractivity contribution in [1.82, 2.24) is 4.90 Å². The first-order valence-electron chi connectivity index (χ1n) is 5.09. The van der Waals surface area contributed by atoms with Crippen LogP contribution in [-0.4, -0.2) is 29.9 Å². The largest absolute Gasteiger partial charge is 0.339 e. The second kappa shape index (κ2) is 2.71. The lowest BCUT2D eigenvalue weighted by Gasteiger charge is -2.39. The third kappa shape index (κ3) is 1.35. The lowest BCUT2D eigenvalue weighted by molar-refractivity contribution is -0.143. The smallest absolute Gasteiger partial charge is 0.241 e. The Morgan fingerprint density at radius 1 is 1.62 bits per heavy atom. The minimum absolute atomic E-state index is 0.145. The van der Waals surface area contributed by atoms with Gasteiger partial charge >= 0.3 is 0 Å². The molecule has 0 spiro atoms. The van der Waals surface area contributed by atoms with Crippen molar-refractivity contribution < 1.29 is 4.79 Å². The van der Waals surface area contributed by atoms with Crippen LogP contribution in [0.3, 0.4) is 0 Å². The van der Waals surface area contributed by atoms with Gasteiger partial charge in [-0.25, -0.2) is 0 Å². The van der Waals surface area contributed by atoms with E-state index >= 15 is 0 Å². The molecule has 3 nitrogen and oxygen atoms in total. The highest BCUT2D eigenvalue weighted by atomic mass is 16.2. The summed E-state index contributed by atoms with van der Waals surface area (Å²) in [7, 11) is 0. The summed E-state index contributed by atoms with van der Waals surface area (Å²) >= 11 is 0. The number of hydrogen-bond acceptors (Lipinski definition) is 2. The van der Waals surface area contributed by atoms with Gasteiger partial charge in [0.25, 0.3) is 0 Å². The van der Waals surface area contributed by atoms with Gasteiger partial charge in [-0.15, -0.1) is 0 Å². The van der Waals surface area contributed by atoms with Crippen molar-refractivity contribution in [3.8, 4) is 0 Å². The molecule has 2 fully saturated rings. The van der Waals surface area contributed by atoms with Gasteiger partial charge in [-0.1, -0.05) is 13.8 Å². The molecule has 2 N–H and O–H groups in total. The van der Waals surface area contributed by atoms with Gasteiger partial charge in [-0.05, 0) is 24.2 Å². The summed E-state index contributed by atoms with van der Waals surface area (Å²) < 4.78 is 0. The van der Waals surface area contributed by atoms with E-state index in [1.807, 2.05) is 4.90 Å². The van der Waals surface area contributed by atoms with E-state index in [9.17, 15) is 4.79 Å². The van der Waals surface area contributed by atoms with E-state index in [2.05, 4.69) is 13.8 Å². The number of carbonyl (C=O) groups is 1. The van der Waals surface area contributed by atoms with Crippen molar-refractivity contribution in [3.05, 3.63) is 0 Å². The highest BCUT2D eigenvalue weighted by Crippen LogP contribution is 2.52. The molecule has 0 aromatic carbocycles. The van der Waals surface area contributed by atoms with Crippen LogP contribution < -0.4 is 5.73 Å². The van der Waals surface area contributed by atoms with Crippen LogP contribution in [-0.2, 0) is 4.79 Å². The fourth-order valence-corrected chi connectivity index (χ4v) is 2.13. The summed E-state index contributed by atoms with van der Waals surface area (Å²) in [5, 5.41) is 0. The molecule has 3 heteroatoms. The van der Waals surface area contributed by atoms with E-state index in [-0.39, 0.29) is 11.9 Å². The van der Waals surface area contributed by atoms with Crippen molar-refractivity contribution in [2.24, 2.45) is 17.1 Å². The van der Waals surface area contributed by atoms with Gasteiger partial charge in [0.2, 0.25) is 5.91 Å². The van der Waals surface area contributed by atoms with E-state index in [0.717, 1.165) is 13.1 Å². The molecular weight excluding hydrogens is 164 g/mol. The Balaban J connectivity index is 1.89. The molecule has 1 amide bonds. The van der Waals surface area contributed by atoms with Crippen LogP contribution in [0.4, 0.5) is 0 Å². The van der Waals surface area contributed by atoms with Crippen molar-refractivity contribution in [2.75, 3.05) is 13.1 Å². The maximum absolute atomic E-state index is 11.3. The van der Waals surface area contributed by atoms with Crippen LogP contribution in [0.2, 0.25) is 0 Å². The van der Waals surface area contributed by atoms with Gasteiger partial charge in [-0.2, -0.15) is 0 Å². The van der Waals surface area contributed by atoms with E-state index < -0.39 is 0 Å². The summed E-state index contributed by atoms with van der Waals surface area (Å²) in [6.45, 7) is 6.21. The second-order valence-corrected chi connectivity index (χ2v) is 4.84. The lowest BCUT2D eigenvalue weighted by atomic mass is 9.90. The first-order valence-corrected chi connectivity index (χ1v) is 5.09. The molecular formula is C10H18N2O. The third-order valence-corrected chi connectivity index (χ3v) is 3.67. The summed E-state index contributed by atoms with van der Waals surface area (Å²) in [4.78, 5) is 13.2. The van der Waals surface area contributed by atoms with Gasteiger partial charge in [-0.3, -0.25) is 4.79 Å². The predicted molar refractivity (Wildman–Crippen MR) is 51.1 cm³/mol. The normalized spacial score (nSPS) is 30.6. The monoisotopic (exact) mass is 182 g/mol. The Bertz CT molecular complexity index is 233. The number of amides is 1. The predicted octanol–water partition coefficient (Wildman–Crippen LogP) is 0.592. The van der Waals surface area contributed by atoms with Crippen LogP contribution in [0.5, 0.6) is 0 Å². The number of likely N-dealkylation sites (tertiary alicyclic amines) is 1. The molecule has 1 atom stereocenters. The standard InChI is InChI=1S/C10H18N2O/c1-7(2)10(3-4-10)6-12-5-8(11)9(12)13/h7-8H,3-6,11H2,1-2H3. The van der Waals surface area contributed by atoms with Crippen molar-refractivity contribution in [3.63, 3.8) is 0 Å². The molecule has 1 aliphatic heterocycles. The molecule has 0 aromatic heterocycles. The molecule has 2 rings (SSSR count). The Morgan fingerprint density at radius 3 is 2.54 bits per heavy atom. The number of hydrogen-bond donors (Lipinski definition) is 1. The van der Waals surface area contributed by atoms with Crippen molar-refractivity contribution in [1.29, 1.82) is 0 Å². The van der Waals surface area contributed by atoms with E-state index in [4.69, 9.17) is 5.73 Å². The lowest BCUT2D eigenvalue weighted by Crippen LogP contribution is -2.62. The molecule has 1 saturated heterocycles. The molecule has 0 aromatic rings. The summed E-state index contributed by atoms with van der Waals surface area (Å²) in [5.41, 5.74) is 5.98. The van der Waals surface area contributed by atoms with Crippen LogP contribution in [0.15, 0.2) is 0 Å². The topological polar surface area (TPSA) is 46.3 Å². The van der Waals surface area contributed by atoms with E-state index in [1.165, 1.54) is 12.8 Å². The van der Waals surface area contributed by atoms with Crippen molar-refractivity contribution in [2.45, 2.75) is 32.7 Å². The Morgan fingerprint density at radius 2 is 2.23 bits per heavy atom. The number of nitrogens with zero attached hydrogens (tertiary/aromatic N) is 1. The molecule has 0 bridgehead atoms. The zero-order valence-corrected chi connectivity index (χ0v) is 8.42. The molecule has 1 heterocycles. The maximum Gasteiger partial charge on any atom is 0.241 e. The molecule has 13 heavy (non-hydrogen) atoms. The molecule has 0 radical (unpaired) electrons. The Hall–Kier alpha value is -0.570. The summed E-state index contributed by atoms with van der Waals surface area (Å²) in [6.07, 6.45) is 2.56. The Labute approximate surface area is 79.3 Å². The number of nitrogens with two attached hydrogens (primary N) is 1. The molecule has 2 aliphatic rings. The van der Waals surface area contributed by atoms with Crippen LogP contribution in [0.25, 0.3) is 0 Å². The summed E-state index contributed by atoms with van der Waals surface area (Å²) in [5.74, 6) is 0.837. The third-order valence-electron chi connectivity index (χ3n) is 3.67. The average Bonchev–Trinajstić information content (AvgIpc) is 2.85. The quantitative estimate of drug-likeness (QED) is 0.649. The SMILES string of the molecule is CC(C)C1(CN2CC(N)C2=O)CC1. The van der Waals surface area contributed by atoms with Gasteiger partial charge in [0, 0.05) is 13.1 Å². The van der Waals surface area contributed by atoms with Gasteiger partial charge in [0.15, 0.2) is 0 Å². The molecule has 74 valence electrons. The highest BCUT2D eigenvalue weighted by molar-refractivity contribution is 5.87. The average molecular weight is 182 g/mol. The zero-order valence-electron chi connectivity index (χ0n) is 8.42. The van der Waals surface area contributed by atoms with Gasteiger partial charge in [0.1, 0.15) is 6.04 Å².